The largest absolute Gasteiger partial charge is 0.303 e. The maximum Gasteiger partial charge on any atom is 0.126 e. The van der Waals surface area contributed by atoms with Crippen molar-refractivity contribution in [2.45, 2.75) is 13.8 Å². The van der Waals surface area contributed by atoms with Crippen LogP contribution < -0.4 is 0 Å². The number of aldehydes is 1. The van der Waals surface area contributed by atoms with Gasteiger partial charge < -0.3 is 4.79 Å². The highest BCUT2D eigenvalue weighted by Gasteiger charge is 2.19. The van der Waals surface area contributed by atoms with Gasteiger partial charge in [0.1, 0.15) is 6.29 Å². The van der Waals surface area contributed by atoms with E-state index in [1.165, 1.54) is 0 Å². The summed E-state index contributed by atoms with van der Waals surface area (Å²) in [4.78, 5) is 12.8. The van der Waals surface area contributed by atoms with Crippen LogP contribution in [0.5, 0.6) is 0 Å². The number of rotatable bonds is 7. The fraction of sp³-hybridized carbons (Fsp3) is 0.545. The van der Waals surface area contributed by atoms with Gasteiger partial charge in [0.25, 0.3) is 0 Å². The molecule has 0 aliphatic carbocycles. The third-order valence-electron chi connectivity index (χ3n) is 1.72. The summed E-state index contributed by atoms with van der Waals surface area (Å²) >= 11 is 0. The van der Waals surface area contributed by atoms with E-state index in [-0.39, 0.29) is 5.41 Å². The Kier molecular flexibility index (Phi) is 5.31. The second kappa shape index (κ2) is 5.70. The van der Waals surface area contributed by atoms with E-state index < -0.39 is 0 Å². The quantitative estimate of drug-likeness (QED) is 0.441. The van der Waals surface area contributed by atoms with Gasteiger partial charge in [0, 0.05) is 25.0 Å². The summed E-state index contributed by atoms with van der Waals surface area (Å²) in [6, 6.07) is 0. The van der Waals surface area contributed by atoms with E-state index in [1.54, 1.807) is 0 Å². The zero-order valence-electron chi connectivity index (χ0n) is 8.62. The molecule has 0 aromatic rings. The van der Waals surface area contributed by atoms with Crippen LogP contribution in [0.2, 0.25) is 0 Å². The van der Waals surface area contributed by atoms with Crippen molar-refractivity contribution in [1.29, 1.82) is 0 Å². The zero-order chi connectivity index (χ0) is 10.3. The molecule has 2 heteroatoms. The summed E-state index contributed by atoms with van der Waals surface area (Å²) in [7, 11) is 0. The van der Waals surface area contributed by atoms with Crippen LogP contribution in [-0.2, 0) is 4.79 Å². The van der Waals surface area contributed by atoms with Crippen molar-refractivity contribution in [1.82, 2.24) is 4.90 Å². The van der Waals surface area contributed by atoms with Gasteiger partial charge in [-0.05, 0) is 0 Å². The second-order valence-electron chi connectivity index (χ2n) is 3.88. The van der Waals surface area contributed by atoms with Gasteiger partial charge in [0.2, 0.25) is 0 Å². The molecular formula is C11H19NO. The third-order valence-corrected chi connectivity index (χ3v) is 1.72. The topological polar surface area (TPSA) is 20.3 Å². The van der Waals surface area contributed by atoms with E-state index in [0.717, 1.165) is 25.9 Å². The molecule has 0 aliphatic heterocycles. The van der Waals surface area contributed by atoms with Crippen LogP contribution >= 0.6 is 0 Å². The maximum atomic E-state index is 10.7. The molecule has 0 atom stereocenters. The van der Waals surface area contributed by atoms with E-state index >= 15 is 0 Å². The van der Waals surface area contributed by atoms with Crippen molar-refractivity contribution in [3.63, 3.8) is 0 Å². The van der Waals surface area contributed by atoms with Gasteiger partial charge in [-0.1, -0.05) is 26.0 Å². The summed E-state index contributed by atoms with van der Waals surface area (Å²) in [6.45, 7) is 13.5. The maximum absolute atomic E-state index is 10.7. The molecule has 0 radical (unpaired) electrons. The molecular weight excluding hydrogens is 162 g/mol. The predicted molar refractivity (Wildman–Crippen MR) is 56.7 cm³/mol. The standard InChI is InChI=1S/C11H19NO/c1-5-7-12(8-6-2)9-11(3,4)10-13/h5-6,10H,1-2,7-9H2,3-4H3. The summed E-state index contributed by atoms with van der Waals surface area (Å²) < 4.78 is 0. The van der Waals surface area contributed by atoms with Crippen LogP contribution in [0.1, 0.15) is 13.8 Å². The Morgan fingerprint density at radius 2 is 1.69 bits per heavy atom. The average Bonchev–Trinajstić information content (AvgIpc) is 2.05. The molecule has 0 saturated heterocycles. The summed E-state index contributed by atoms with van der Waals surface area (Å²) in [5.41, 5.74) is -0.286. The molecule has 0 saturated carbocycles. The van der Waals surface area contributed by atoms with Gasteiger partial charge >= 0.3 is 0 Å². The highest BCUT2D eigenvalue weighted by atomic mass is 16.1. The van der Waals surface area contributed by atoms with E-state index in [0.29, 0.717) is 0 Å². The first-order valence-electron chi connectivity index (χ1n) is 4.46. The number of hydrogen-bond donors (Lipinski definition) is 0. The Hall–Kier alpha value is -0.890. The molecule has 0 unspecified atom stereocenters. The van der Waals surface area contributed by atoms with Crippen molar-refractivity contribution in [2.24, 2.45) is 5.41 Å². The van der Waals surface area contributed by atoms with Gasteiger partial charge in [0.15, 0.2) is 0 Å². The highest BCUT2D eigenvalue weighted by Crippen LogP contribution is 2.12. The lowest BCUT2D eigenvalue weighted by atomic mass is 9.95. The fourth-order valence-electron chi connectivity index (χ4n) is 1.18. The SMILES string of the molecule is C=CCN(CC=C)CC(C)(C)C=O. The van der Waals surface area contributed by atoms with Crippen LogP contribution in [0.3, 0.4) is 0 Å². The van der Waals surface area contributed by atoms with E-state index in [4.69, 9.17) is 0 Å². The molecule has 2 nitrogen and oxygen atoms in total. The van der Waals surface area contributed by atoms with Crippen molar-refractivity contribution in [3.05, 3.63) is 25.3 Å². The summed E-state index contributed by atoms with van der Waals surface area (Å²) in [5.74, 6) is 0. The van der Waals surface area contributed by atoms with Gasteiger partial charge in [0.05, 0.1) is 0 Å². The second-order valence-corrected chi connectivity index (χ2v) is 3.88. The van der Waals surface area contributed by atoms with Crippen LogP contribution in [0.4, 0.5) is 0 Å². The molecule has 0 rings (SSSR count). The summed E-state index contributed by atoms with van der Waals surface area (Å²) in [6.07, 6.45) is 4.67. The third kappa shape index (κ3) is 5.36. The minimum atomic E-state index is -0.286. The highest BCUT2D eigenvalue weighted by molar-refractivity contribution is 5.58. The minimum absolute atomic E-state index is 0.286. The first-order chi connectivity index (χ1) is 6.05. The average molecular weight is 181 g/mol. The Labute approximate surface area is 80.9 Å². The Bertz CT molecular complexity index is 175. The molecule has 0 amide bonds. The minimum Gasteiger partial charge on any atom is -0.303 e. The molecule has 0 spiro atoms. The number of carbonyl (C=O) groups excluding carboxylic acids is 1. The van der Waals surface area contributed by atoms with E-state index in [2.05, 4.69) is 18.1 Å². The van der Waals surface area contributed by atoms with Crippen molar-refractivity contribution < 1.29 is 4.79 Å². The van der Waals surface area contributed by atoms with Crippen LogP contribution in [0.15, 0.2) is 25.3 Å². The molecule has 0 bridgehead atoms. The molecule has 0 aromatic carbocycles. The molecule has 0 N–H and O–H groups in total. The molecule has 0 heterocycles. The van der Waals surface area contributed by atoms with Crippen LogP contribution in [-0.4, -0.2) is 30.8 Å². The lowest BCUT2D eigenvalue weighted by molar-refractivity contribution is -0.115. The lowest BCUT2D eigenvalue weighted by Crippen LogP contribution is -2.35. The molecule has 0 aromatic heterocycles. The van der Waals surface area contributed by atoms with E-state index in [1.807, 2.05) is 26.0 Å². The number of carbonyl (C=O) groups is 1. The molecule has 13 heavy (non-hydrogen) atoms. The molecule has 0 aliphatic rings. The summed E-state index contributed by atoms with van der Waals surface area (Å²) in [5, 5.41) is 0. The monoisotopic (exact) mass is 181 g/mol. The van der Waals surface area contributed by atoms with Gasteiger partial charge in [-0.15, -0.1) is 13.2 Å². The Balaban J connectivity index is 4.14. The van der Waals surface area contributed by atoms with Crippen molar-refractivity contribution >= 4 is 6.29 Å². The van der Waals surface area contributed by atoms with Crippen LogP contribution in [0, 0.1) is 5.41 Å². The zero-order valence-corrected chi connectivity index (χ0v) is 8.62. The van der Waals surface area contributed by atoms with Gasteiger partial charge in [-0.25, -0.2) is 0 Å². The first-order valence-corrected chi connectivity index (χ1v) is 4.46. The number of nitrogens with zero attached hydrogens (tertiary/aromatic N) is 1. The van der Waals surface area contributed by atoms with Gasteiger partial charge in [-0.2, -0.15) is 0 Å². The smallest absolute Gasteiger partial charge is 0.126 e. The Morgan fingerprint density at radius 1 is 1.23 bits per heavy atom. The molecule has 74 valence electrons. The van der Waals surface area contributed by atoms with Gasteiger partial charge in [-0.3, -0.25) is 4.90 Å². The van der Waals surface area contributed by atoms with E-state index in [9.17, 15) is 4.79 Å². The van der Waals surface area contributed by atoms with Crippen LogP contribution in [0.25, 0.3) is 0 Å². The Morgan fingerprint density at radius 3 is 2.00 bits per heavy atom. The lowest BCUT2D eigenvalue weighted by Gasteiger charge is -2.26. The number of hydrogen-bond acceptors (Lipinski definition) is 2. The predicted octanol–water partition coefficient (Wildman–Crippen LogP) is 1.89. The fourth-order valence-corrected chi connectivity index (χ4v) is 1.18. The molecule has 0 fully saturated rings. The first kappa shape index (κ1) is 12.1. The normalized spacial score (nSPS) is 11.3. The van der Waals surface area contributed by atoms with Crippen molar-refractivity contribution in [3.8, 4) is 0 Å². The van der Waals surface area contributed by atoms with Crippen molar-refractivity contribution in [2.75, 3.05) is 19.6 Å².